The zero-order valence-electron chi connectivity index (χ0n) is 18.9. The second kappa shape index (κ2) is 8.71. The van der Waals surface area contributed by atoms with Crippen molar-refractivity contribution in [1.29, 1.82) is 0 Å². The van der Waals surface area contributed by atoms with E-state index in [9.17, 15) is 4.79 Å². The Morgan fingerprint density at radius 3 is 2.64 bits per heavy atom. The van der Waals surface area contributed by atoms with Crippen LogP contribution < -0.4 is 10.1 Å². The second-order valence-electron chi connectivity index (χ2n) is 8.53. The first kappa shape index (κ1) is 21.2. The molecule has 0 bridgehead atoms. The summed E-state index contributed by atoms with van der Waals surface area (Å²) in [5.74, 6) is 0.569. The first-order valence-electron chi connectivity index (χ1n) is 11.2. The van der Waals surface area contributed by atoms with Crippen molar-refractivity contribution in [3.05, 3.63) is 84.2 Å². The van der Waals surface area contributed by atoms with Gasteiger partial charge in [0.25, 0.3) is 0 Å². The number of imidazole rings is 1. The van der Waals surface area contributed by atoms with E-state index in [2.05, 4.69) is 11.4 Å². The number of anilines is 1. The molecule has 0 radical (unpaired) electrons. The van der Waals surface area contributed by atoms with Gasteiger partial charge in [-0.05, 0) is 61.2 Å². The normalized spacial score (nSPS) is 15.3. The lowest BCUT2D eigenvalue weighted by atomic mass is 9.73. The van der Waals surface area contributed by atoms with E-state index in [1.165, 1.54) is 0 Å². The standard InChI is InChI=1S/C27H27N3O3/c1-19-10-13-30-18-23(28-25(30)16-19)20-8-9-24(32-2)22(17-20)29-26(31)27(11-14-33-15-12-27)21-6-4-3-5-7-21/h3-10,13,16-18H,11-12,14-15H2,1-2H3,(H,29,31). The van der Waals surface area contributed by atoms with Crippen LogP contribution in [-0.2, 0) is 14.9 Å². The summed E-state index contributed by atoms with van der Waals surface area (Å²) in [6.07, 6.45) is 5.27. The van der Waals surface area contributed by atoms with Gasteiger partial charge in [0.2, 0.25) is 5.91 Å². The van der Waals surface area contributed by atoms with Gasteiger partial charge in [-0.15, -0.1) is 0 Å². The molecule has 4 aromatic rings. The molecule has 1 aliphatic heterocycles. The second-order valence-corrected chi connectivity index (χ2v) is 8.53. The van der Waals surface area contributed by atoms with Crippen molar-refractivity contribution in [3.8, 4) is 17.0 Å². The van der Waals surface area contributed by atoms with Crippen molar-refractivity contribution in [3.63, 3.8) is 0 Å². The molecule has 1 aliphatic rings. The minimum Gasteiger partial charge on any atom is -0.495 e. The Morgan fingerprint density at radius 2 is 1.88 bits per heavy atom. The molecule has 0 saturated carbocycles. The molecule has 1 amide bonds. The van der Waals surface area contributed by atoms with Crippen molar-refractivity contribution < 1.29 is 14.3 Å². The number of amides is 1. The van der Waals surface area contributed by atoms with Crippen LogP contribution in [0.15, 0.2) is 73.1 Å². The van der Waals surface area contributed by atoms with Gasteiger partial charge in [-0.2, -0.15) is 0 Å². The Labute approximate surface area is 193 Å². The van der Waals surface area contributed by atoms with E-state index >= 15 is 0 Å². The van der Waals surface area contributed by atoms with E-state index in [1.54, 1.807) is 7.11 Å². The topological polar surface area (TPSA) is 64.9 Å². The van der Waals surface area contributed by atoms with E-state index < -0.39 is 5.41 Å². The van der Waals surface area contributed by atoms with Gasteiger partial charge in [0, 0.05) is 31.2 Å². The number of rotatable bonds is 5. The maximum atomic E-state index is 13.7. The summed E-state index contributed by atoms with van der Waals surface area (Å²) in [5, 5.41) is 3.17. The number of fused-ring (bicyclic) bond motifs is 1. The Balaban J connectivity index is 1.51. The predicted octanol–water partition coefficient (Wildman–Crippen LogP) is 5.01. The molecular weight excluding hydrogens is 414 g/mol. The van der Waals surface area contributed by atoms with Crippen LogP contribution in [0.4, 0.5) is 5.69 Å². The summed E-state index contributed by atoms with van der Waals surface area (Å²) in [6, 6.07) is 19.8. The summed E-state index contributed by atoms with van der Waals surface area (Å²) in [5.41, 5.74) is 4.80. The number of nitrogens with one attached hydrogen (secondary N) is 1. The molecule has 3 heterocycles. The lowest BCUT2D eigenvalue weighted by molar-refractivity contribution is -0.125. The molecule has 1 fully saturated rings. The zero-order chi connectivity index (χ0) is 22.8. The Kier molecular flexibility index (Phi) is 5.60. The van der Waals surface area contributed by atoms with Crippen LogP contribution in [0.25, 0.3) is 16.9 Å². The predicted molar refractivity (Wildman–Crippen MR) is 129 cm³/mol. The first-order valence-corrected chi connectivity index (χ1v) is 11.2. The van der Waals surface area contributed by atoms with Gasteiger partial charge < -0.3 is 19.2 Å². The zero-order valence-corrected chi connectivity index (χ0v) is 18.9. The molecular formula is C27H27N3O3. The molecule has 0 aliphatic carbocycles. The fourth-order valence-corrected chi connectivity index (χ4v) is 4.55. The van der Waals surface area contributed by atoms with Crippen molar-refractivity contribution in [1.82, 2.24) is 9.38 Å². The number of carbonyl (C=O) groups excluding carboxylic acids is 1. The van der Waals surface area contributed by atoms with Crippen LogP contribution in [-0.4, -0.2) is 35.6 Å². The highest BCUT2D eigenvalue weighted by molar-refractivity contribution is 6.00. The number of benzene rings is 2. The summed E-state index contributed by atoms with van der Waals surface area (Å²) < 4.78 is 13.2. The van der Waals surface area contributed by atoms with Gasteiger partial charge >= 0.3 is 0 Å². The molecule has 2 aromatic carbocycles. The van der Waals surface area contributed by atoms with Crippen molar-refractivity contribution >= 4 is 17.2 Å². The smallest absolute Gasteiger partial charge is 0.235 e. The summed E-state index contributed by atoms with van der Waals surface area (Å²) in [4.78, 5) is 18.5. The maximum Gasteiger partial charge on any atom is 0.235 e. The van der Waals surface area contributed by atoms with Crippen LogP contribution in [0.2, 0.25) is 0 Å². The van der Waals surface area contributed by atoms with Gasteiger partial charge in [-0.3, -0.25) is 4.79 Å². The van der Waals surface area contributed by atoms with Crippen molar-refractivity contribution in [2.45, 2.75) is 25.2 Å². The monoisotopic (exact) mass is 441 g/mol. The van der Waals surface area contributed by atoms with Crippen molar-refractivity contribution in [2.75, 3.05) is 25.6 Å². The lowest BCUT2D eigenvalue weighted by Gasteiger charge is -2.36. The molecule has 6 nitrogen and oxygen atoms in total. The minimum atomic E-state index is -0.638. The molecule has 33 heavy (non-hydrogen) atoms. The van der Waals surface area contributed by atoms with Crippen LogP contribution in [0.1, 0.15) is 24.0 Å². The highest BCUT2D eigenvalue weighted by Gasteiger charge is 2.42. The van der Waals surface area contributed by atoms with E-state index in [-0.39, 0.29) is 5.91 Å². The fraction of sp³-hybridized carbons (Fsp3) is 0.259. The molecule has 2 aromatic heterocycles. The number of pyridine rings is 1. The SMILES string of the molecule is COc1ccc(-c2cn3ccc(C)cc3n2)cc1NC(=O)C1(c2ccccc2)CCOCC1. The molecule has 1 N–H and O–H groups in total. The van der Waals surface area contributed by atoms with E-state index in [0.717, 1.165) is 28.0 Å². The van der Waals surface area contributed by atoms with Crippen LogP contribution in [0.3, 0.4) is 0 Å². The molecule has 0 atom stereocenters. The fourth-order valence-electron chi connectivity index (χ4n) is 4.55. The number of nitrogens with zero attached hydrogens (tertiary/aromatic N) is 2. The molecule has 1 saturated heterocycles. The molecule has 5 rings (SSSR count). The van der Waals surface area contributed by atoms with Gasteiger partial charge in [0.05, 0.1) is 23.9 Å². The van der Waals surface area contributed by atoms with Gasteiger partial charge in [-0.25, -0.2) is 4.98 Å². The van der Waals surface area contributed by atoms with Gasteiger partial charge in [0.15, 0.2) is 0 Å². The highest BCUT2D eigenvalue weighted by Crippen LogP contribution is 2.38. The number of aryl methyl sites for hydroxylation is 1. The number of aromatic nitrogens is 2. The number of hydrogen-bond acceptors (Lipinski definition) is 4. The quantitative estimate of drug-likeness (QED) is 0.473. The number of hydrogen-bond donors (Lipinski definition) is 1. The lowest BCUT2D eigenvalue weighted by Crippen LogP contribution is -2.44. The first-order chi connectivity index (χ1) is 16.1. The van der Waals surface area contributed by atoms with E-state index in [0.29, 0.717) is 37.5 Å². The Bertz CT molecular complexity index is 1290. The maximum absolute atomic E-state index is 13.7. The molecule has 0 unspecified atom stereocenters. The number of ether oxygens (including phenoxy) is 2. The molecule has 6 heteroatoms. The van der Waals surface area contributed by atoms with E-state index in [4.69, 9.17) is 14.5 Å². The third-order valence-corrected chi connectivity index (χ3v) is 6.47. The van der Waals surface area contributed by atoms with E-state index in [1.807, 2.05) is 78.3 Å². The van der Waals surface area contributed by atoms with Crippen molar-refractivity contribution in [2.24, 2.45) is 0 Å². The molecule has 0 spiro atoms. The highest BCUT2D eigenvalue weighted by atomic mass is 16.5. The number of methoxy groups -OCH3 is 1. The minimum absolute atomic E-state index is 0.0434. The summed E-state index contributed by atoms with van der Waals surface area (Å²) >= 11 is 0. The van der Waals surface area contributed by atoms with Crippen LogP contribution in [0.5, 0.6) is 5.75 Å². The van der Waals surface area contributed by atoms with Gasteiger partial charge in [-0.1, -0.05) is 30.3 Å². The molecule has 168 valence electrons. The van der Waals surface area contributed by atoms with Gasteiger partial charge in [0.1, 0.15) is 11.4 Å². The third kappa shape index (κ3) is 3.98. The third-order valence-electron chi connectivity index (χ3n) is 6.47. The Hall–Kier alpha value is -3.64. The summed E-state index contributed by atoms with van der Waals surface area (Å²) in [7, 11) is 1.61. The average molecular weight is 442 g/mol. The number of carbonyl (C=O) groups is 1. The largest absolute Gasteiger partial charge is 0.495 e. The Morgan fingerprint density at radius 1 is 1.09 bits per heavy atom. The van der Waals surface area contributed by atoms with Crippen LogP contribution in [0, 0.1) is 6.92 Å². The summed E-state index contributed by atoms with van der Waals surface area (Å²) in [6.45, 7) is 3.16. The van der Waals surface area contributed by atoms with Crippen LogP contribution >= 0.6 is 0 Å². The average Bonchev–Trinajstić information content (AvgIpc) is 3.28.